The van der Waals surface area contributed by atoms with Gasteiger partial charge in [0, 0.05) is 43.7 Å². The highest BCUT2D eigenvalue weighted by atomic mass is 16.5. The second kappa shape index (κ2) is 10.7. The smallest absolute Gasteiger partial charge is 0.332 e. The minimum Gasteiger partial charge on any atom is -0.361 e. The number of rotatable bonds is 7. The van der Waals surface area contributed by atoms with Crippen LogP contribution in [-0.4, -0.2) is 57.3 Å². The fourth-order valence-electron chi connectivity index (χ4n) is 5.23. The summed E-state index contributed by atoms with van der Waals surface area (Å²) in [6.45, 7) is 6.39. The fourth-order valence-corrected chi connectivity index (χ4v) is 5.23. The molecule has 14 heteroatoms. The van der Waals surface area contributed by atoms with Crippen LogP contribution in [0.15, 0.2) is 57.1 Å². The number of aromatic nitrogens is 8. The average Bonchev–Trinajstić information content (AvgIpc) is 3.74. The Kier molecular flexibility index (Phi) is 6.88. The Morgan fingerprint density at radius 1 is 1.19 bits per heavy atom. The van der Waals surface area contributed by atoms with E-state index in [9.17, 15) is 14.4 Å². The van der Waals surface area contributed by atoms with Crippen molar-refractivity contribution in [1.29, 1.82) is 0 Å². The molecular weight excluding hydrogens is 540 g/mol. The maximum atomic E-state index is 13.5. The molecule has 1 N–H and O–H groups in total. The molecule has 2 atom stereocenters. The van der Waals surface area contributed by atoms with Gasteiger partial charge in [-0.25, -0.2) is 24.7 Å². The molecular formula is C28H30N10O4. The van der Waals surface area contributed by atoms with Gasteiger partial charge in [-0.05, 0) is 45.7 Å². The van der Waals surface area contributed by atoms with Crippen LogP contribution in [0.4, 0.5) is 11.8 Å². The summed E-state index contributed by atoms with van der Waals surface area (Å²) in [4.78, 5) is 59.9. The molecule has 5 aromatic heterocycles. The number of imidazole rings is 1. The van der Waals surface area contributed by atoms with E-state index in [1.54, 1.807) is 44.4 Å². The number of amides is 1. The highest BCUT2D eigenvalue weighted by Crippen LogP contribution is 2.24. The van der Waals surface area contributed by atoms with Crippen molar-refractivity contribution in [3.63, 3.8) is 0 Å². The zero-order valence-corrected chi connectivity index (χ0v) is 23.7. The van der Waals surface area contributed by atoms with E-state index >= 15 is 0 Å². The molecule has 0 unspecified atom stereocenters. The van der Waals surface area contributed by atoms with Gasteiger partial charge in [0.05, 0.1) is 18.6 Å². The number of carbonyl (C=O) groups is 1. The molecule has 14 nitrogen and oxygen atoms in total. The number of nitrogens with zero attached hydrogens (tertiary/aromatic N) is 9. The van der Waals surface area contributed by atoms with Gasteiger partial charge in [0.15, 0.2) is 11.2 Å². The third-order valence-corrected chi connectivity index (χ3v) is 7.60. The lowest BCUT2D eigenvalue weighted by molar-refractivity contribution is -0.118. The first-order valence-electron chi connectivity index (χ1n) is 13.7. The van der Waals surface area contributed by atoms with Gasteiger partial charge in [-0.3, -0.25) is 18.7 Å². The molecule has 1 saturated heterocycles. The van der Waals surface area contributed by atoms with E-state index in [2.05, 4.69) is 42.2 Å². The zero-order valence-electron chi connectivity index (χ0n) is 23.7. The Morgan fingerprint density at radius 3 is 2.67 bits per heavy atom. The third-order valence-electron chi connectivity index (χ3n) is 7.60. The lowest BCUT2D eigenvalue weighted by Crippen LogP contribution is -2.40. The van der Waals surface area contributed by atoms with E-state index in [0.29, 0.717) is 35.0 Å². The number of carbonyl (C=O) groups excluding carboxylic acids is 1. The Hall–Kier alpha value is -5.14. The van der Waals surface area contributed by atoms with Crippen LogP contribution in [0, 0.1) is 6.92 Å². The maximum absolute atomic E-state index is 13.5. The summed E-state index contributed by atoms with van der Waals surface area (Å²) in [5.41, 5.74) is 0.908. The Labute approximate surface area is 239 Å². The summed E-state index contributed by atoms with van der Waals surface area (Å²) >= 11 is 0. The number of aryl methyl sites for hydroxylation is 2. The van der Waals surface area contributed by atoms with Crippen molar-refractivity contribution in [2.45, 2.75) is 52.2 Å². The van der Waals surface area contributed by atoms with Crippen LogP contribution in [0.5, 0.6) is 0 Å². The molecule has 216 valence electrons. The van der Waals surface area contributed by atoms with E-state index in [1.807, 2.05) is 6.07 Å². The van der Waals surface area contributed by atoms with Gasteiger partial charge in [-0.2, -0.15) is 0 Å². The molecule has 0 saturated carbocycles. The molecule has 6 heterocycles. The van der Waals surface area contributed by atoms with Crippen LogP contribution in [0.3, 0.4) is 0 Å². The average molecular weight is 571 g/mol. The Morgan fingerprint density at radius 2 is 1.98 bits per heavy atom. The Bertz CT molecular complexity index is 1900. The molecule has 6 rings (SSSR count). The van der Waals surface area contributed by atoms with Crippen molar-refractivity contribution in [3.8, 4) is 11.3 Å². The molecule has 1 amide bonds. The number of anilines is 2. The van der Waals surface area contributed by atoms with Crippen molar-refractivity contribution in [2.75, 3.05) is 16.8 Å². The van der Waals surface area contributed by atoms with E-state index in [0.717, 1.165) is 29.5 Å². The highest BCUT2D eigenvalue weighted by Gasteiger charge is 2.24. The summed E-state index contributed by atoms with van der Waals surface area (Å²) < 4.78 is 8.85. The number of pyridine rings is 1. The maximum Gasteiger partial charge on any atom is 0.332 e. The van der Waals surface area contributed by atoms with Crippen LogP contribution in [0.1, 0.15) is 44.2 Å². The largest absolute Gasteiger partial charge is 0.361 e. The minimum absolute atomic E-state index is 0.0804. The van der Waals surface area contributed by atoms with Gasteiger partial charge in [0.2, 0.25) is 11.9 Å². The van der Waals surface area contributed by atoms with Crippen molar-refractivity contribution < 1.29 is 9.32 Å². The van der Waals surface area contributed by atoms with E-state index in [4.69, 9.17) is 4.52 Å². The monoisotopic (exact) mass is 570 g/mol. The van der Waals surface area contributed by atoms with Gasteiger partial charge in [0.1, 0.15) is 23.3 Å². The van der Waals surface area contributed by atoms with Crippen LogP contribution in [0.25, 0.3) is 22.4 Å². The quantitative estimate of drug-likeness (QED) is 0.308. The molecule has 1 aliphatic heterocycles. The summed E-state index contributed by atoms with van der Waals surface area (Å²) in [5, 5.41) is 6.71. The SMILES string of the molecule is Cc1cc(Cn2c(=O)c3c(ncn3[C@@H](C)C(=O)Nc3cccc(-c4cnc(N5CCC[C@H]5C)nc4)n3)n(C)c2=O)no1. The zero-order chi connectivity index (χ0) is 29.5. The molecule has 0 aromatic carbocycles. The Balaban J connectivity index is 1.24. The normalized spacial score (nSPS) is 15.8. The first-order valence-corrected chi connectivity index (χ1v) is 13.7. The first kappa shape index (κ1) is 27.1. The number of nitrogens with one attached hydrogen (secondary N) is 1. The highest BCUT2D eigenvalue weighted by molar-refractivity contribution is 5.93. The first-order chi connectivity index (χ1) is 20.2. The second-order valence-corrected chi connectivity index (χ2v) is 10.5. The molecule has 5 aromatic rings. The molecule has 0 bridgehead atoms. The summed E-state index contributed by atoms with van der Waals surface area (Å²) in [5.74, 6) is 1.17. The second-order valence-electron chi connectivity index (χ2n) is 10.5. The van der Waals surface area contributed by atoms with E-state index < -0.39 is 23.2 Å². The third kappa shape index (κ3) is 4.84. The van der Waals surface area contributed by atoms with Gasteiger partial charge < -0.3 is 19.3 Å². The van der Waals surface area contributed by atoms with Crippen LogP contribution >= 0.6 is 0 Å². The van der Waals surface area contributed by atoms with E-state index in [1.165, 1.54) is 22.5 Å². The predicted octanol–water partition coefficient (Wildman–Crippen LogP) is 2.28. The van der Waals surface area contributed by atoms with E-state index in [-0.39, 0.29) is 17.7 Å². The number of fused-ring (bicyclic) bond motifs is 1. The molecule has 0 aliphatic carbocycles. The van der Waals surface area contributed by atoms with Gasteiger partial charge in [-0.1, -0.05) is 11.2 Å². The van der Waals surface area contributed by atoms with Crippen molar-refractivity contribution in [3.05, 3.63) is 75.3 Å². The summed E-state index contributed by atoms with van der Waals surface area (Å²) in [6.07, 6.45) is 7.09. The van der Waals surface area contributed by atoms with Gasteiger partial charge >= 0.3 is 5.69 Å². The summed E-state index contributed by atoms with van der Waals surface area (Å²) in [7, 11) is 1.52. The number of hydrogen-bond acceptors (Lipinski definition) is 10. The van der Waals surface area contributed by atoms with Crippen molar-refractivity contribution in [2.24, 2.45) is 7.05 Å². The van der Waals surface area contributed by atoms with Gasteiger partial charge in [0.25, 0.3) is 5.56 Å². The molecule has 1 aliphatic rings. The standard InChI is InChI=1S/C28H30N10O4/c1-16-7-6-10-36(16)27-29-12-19(13-30-27)21-8-5-9-22(32-21)33-25(39)18(3)38-15-31-24-23(38)26(40)37(28(41)35(24)4)14-20-11-17(2)42-34-20/h5,8-9,11-13,15-16,18H,6-7,10,14H2,1-4H3,(H,32,33,39)/t16-,18+/m1/s1. The lowest BCUT2D eigenvalue weighted by atomic mass is 10.2. The van der Waals surface area contributed by atoms with Crippen LogP contribution in [-0.2, 0) is 18.4 Å². The predicted molar refractivity (Wildman–Crippen MR) is 154 cm³/mol. The van der Waals surface area contributed by atoms with Crippen molar-refractivity contribution >= 4 is 28.8 Å². The molecule has 0 radical (unpaired) electrons. The molecule has 0 spiro atoms. The summed E-state index contributed by atoms with van der Waals surface area (Å²) in [6, 6.07) is 6.49. The van der Waals surface area contributed by atoms with Gasteiger partial charge in [-0.15, -0.1) is 0 Å². The topological polar surface area (TPSA) is 159 Å². The molecule has 1 fully saturated rings. The fraction of sp³-hybridized carbons (Fsp3) is 0.357. The van der Waals surface area contributed by atoms with Crippen LogP contribution in [0.2, 0.25) is 0 Å². The lowest BCUT2D eigenvalue weighted by Gasteiger charge is -2.21. The minimum atomic E-state index is -0.849. The van der Waals surface area contributed by atoms with Crippen LogP contribution < -0.4 is 21.5 Å². The molecule has 42 heavy (non-hydrogen) atoms. The number of hydrogen-bond donors (Lipinski definition) is 1. The van der Waals surface area contributed by atoms with Crippen molar-refractivity contribution in [1.82, 2.24) is 38.8 Å².